The van der Waals surface area contributed by atoms with E-state index < -0.39 is 0 Å². The van der Waals surface area contributed by atoms with E-state index in [0.29, 0.717) is 12.5 Å². The largest absolute Gasteiger partial charge is 0.396 e. The fourth-order valence-electron chi connectivity index (χ4n) is 1.29. The highest BCUT2D eigenvalue weighted by Crippen LogP contribution is 2.04. The van der Waals surface area contributed by atoms with Gasteiger partial charge >= 0.3 is 0 Å². The molecule has 1 unspecified atom stereocenters. The molecule has 0 saturated carbocycles. The Morgan fingerprint density at radius 3 is 2.25 bits per heavy atom. The minimum absolute atomic E-state index is 0.332. The third-order valence-electron chi connectivity index (χ3n) is 2.38. The van der Waals surface area contributed by atoms with Crippen LogP contribution in [-0.4, -0.2) is 36.2 Å². The molecule has 0 saturated heterocycles. The van der Waals surface area contributed by atoms with Gasteiger partial charge in [0.15, 0.2) is 0 Å². The summed E-state index contributed by atoms with van der Waals surface area (Å²) in [7, 11) is 0. The molecule has 0 aliphatic heterocycles. The van der Waals surface area contributed by atoms with E-state index >= 15 is 0 Å². The number of aliphatic hydroxyl groups excluding tert-OH is 1. The van der Waals surface area contributed by atoms with Crippen molar-refractivity contribution in [2.75, 3.05) is 26.2 Å². The maximum atomic E-state index is 8.80. The monoisotopic (exact) mass is 173 g/mol. The normalized spacial score (nSPS) is 13.8. The second-order valence-corrected chi connectivity index (χ2v) is 3.46. The number of hydrogen-bond donors (Lipinski definition) is 1. The summed E-state index contributed by atoms with van der Waals surface area (Å²) in [4.78, 5) is 2.42. The van der Waals surface area contributed by atoms with Crippen LogP contribution in [0.3, 0.4) is 0 Å². The molecule has 1 atom stereocenters. The van der Waals surface area contributed by atoms with Gasteiger partial charge in [-0.15, -0.1) is 0 Å². The topological polar surface area (TPSA) is 23.5 Å². The Labute approximate surface area is 76.6 Å². The van der Waals surface area contributed by atoms with E-state index in [4.69, 9.17) is 5.11 Å². The van der Waals surface area contributed by atoms with E-state index in [-0.39, 0.29) is 0 Å². The number of hydrogen-bond acceptors (Lipinski definition) is 2. The summed E-state index contributed by atoms with van der Waals surface area (Å²) in [5.41, 5.74) is 0. The zero-order valence-corrected chi connectivity index (χ0v) is 8.71. The van der Waals surface area contributed by atoms with Crippen LogP contribution in [0.1, 0.15) is 33.6 Å². The van der Waals surface area contributed by atoms with Crippen molar-refractivity contribution in [2.45, 2.75) is 33.6 Å². The van der Waals surface area contributed by atoms with Gasteiger partial charge in [0.1, 0.15) is 0 Å². The first-order valence-electron chi connectivity index (χ1n) is 5.07. The third kappa shape index (κ3) is 5.56. The molecule has 0 fully saturated rings. The van der Waals surface area contributed by atoms with Crippen molar-refractivity contribution in [3.8, 4) is 0 Å². The first kappa shape index (κ1) is 11.9. The summed E-state index contributed by atoms with van der Waals surface area (Å²) >= 11 is 0. The summed E-state index contributed by atoms with van der Waals surface area (Å²) in [6.07, 6.45) is 2.36. The maximum absolute atomic E-state index is 8.80. The van der Waals surface area contributed by atoms with Gasteiger partial charge in [0.25, 0.3) is 0 Å². The molecule has 0 aliphatic carbocycles. The van der Waals surface area contributed by atoms with Gasteiger partial charge in [-0.25, -0.2) is 0 Å². The van der Waals surface area contributed by atoms with Gasteiger partial charge in [-0.2, -0.15) is 0 Å². The number of rotatable bonds is 7. The zero-order valence-electron chi connectivity index (χ0n) is 8.71. The van der Waals surface area contributed by atoms with Gasteiger partial charge in [0, 0.05) is 6.61 Å². The highest BCUT2D eigenvalue weighted by atomic mass is 16.3. The number of aliphatic hydroxyl groups is 1. The Morgan fingerprint density at radius 2 is 1.83 bits per heavy atom. The summed E-state index contributed by atoms with van der Waals surface area (Å²) in [5.74, 6) is 0.473. The molecule has 0 aromatic heterocycles. The fraction of sp³-hybridized carbons (Fsp3) is 1.00. The van der Waals surface area contributed by atoms with Crippen LogP contribution in [0.15, 0.2) is 0 Å². The molecule has 0 aromatic carbocycles. The highest BCUT2D eigenvalue weighted by Gasteiger charge is 2.02. The summed E-state index contributed by atoms with van der Waals surface area (Å²) in [6, 6.07) is 0. The van der Waals surface area contributed by atoms with Crippen molar-refractivity contribution < 1.29 is 5.11 Å². The Balaban J connectivity index is 3.28. The van der Waals surface area contributed by atoms with Crippen LogP contribution in [0.4, 0.5) is 0 Å². The molecule has 0 amide bonds. The van der Waals surface area contributed by atoms with Gasteiger partial charge < -0.3 is 10.0 Å². The maximum Gasteiger partial charge on any atom is 0.0456 e. The van der Waals surface area contributed by atoms with E-state index in [1.165, 1.54) is 13.0 Å². The molecule has 74 valence electrons. The van der Waals surface area contributed by atoms with Crippen LogP contribution in [0.25, 0.3) is 0 Å². The average molecular weight is 173 g/mol. The first-order chi connectivity index (χ1) is 5.74. The second kappa shape index (κ2) is 7.56. The van der Waals surface area contributed by atoms with E-state index in [0.717, 1.165) is 19.5 Å². The molecule has 0 radical (unpaired) electrons. The van der Waals surface area contributed by atoms with Crippen LogP contribution >= 0.6 is 0 Å². The first-order valence-corrected chi connectivity index (χ1v) is 5.07. The lowest BCUT2D eigenvalue weighted by molar-refractivity contribution is 0.218. The van der Waals surface area contributed by atoms with Crippen LogP contribution in [-0.2, 0) is 0 Å². The molecule has 0 spiro atoms. The van der Waals surface area contributed by atoms with Gasteiger partial charge in [-0.3, -0.25) is 0 Å². The smallest absolute Gasteiger partial charge is 0.0456 e. The molecule has 0 bridgehead atoms. The molecule has 0 heterocycles. The second-order valence-electron chi connectivity index (χ2n) is 3.46. The lowest BCUT2D eigenvalue weighted by Crippen LogP contribution is -2.24. The SMILES string of the molecule is CCN(CC)CCCC(C)CO. The lowest BCUT2D eigenvalue weighted by atomic mass is 10.1. The Hall–Kier alpha value is -0.0800. The van der Waals surface area contributed by atoms with Crippen molar-refractivity contribution in [1.29, 1.82) is 0 Å². The van der Waals surface area contributed by atoms with Gasteiger partial charge in [-0.1, -0.05) is 20.8 Å². The van der Waals surface area contributed by atoms with Crippen LogP contribution in [0, 0.1) is 5.92 Å². The zero-order chi connectivity index (χ0) is 9.40. The molecular weight excluding hydrogens is 150 g/mol. The molecule has 0 aliphatic rings. The molecule has 2 heteroatoms. The fourth-order valence-corrected chi connectivity index (χ4v) is 1.29. The van der Waals surface area contributed by atoms with E-state index in [9.17, 15) is 0 Å². The molecule has 12 heavy (non-hydrogen) atoms. The van der Waals surface area contributed by atoms with Gasteiger partial charge in [-0.05, 0) is 38.4 Å². The Bertz CT molecular complexity index is 91.8. The molecule has 1 N–H and O–H groups in total. The third-order valence-corrected chi connectivity index (χ3v) is 2.38. The predicted molar refractivity (Wildman–Crippen MR) is 53.3 cm³/mol. The lowest BCUT2D eigenvalue weighted by Gasteiger charge is -2.18. The highest BCUT2D eigenvalue weighted by molar-refractivity contribution is 4.55. The Kier molecular flexibility index (Phi) is 7.51. The quantitative estimate of drug-likeness (QED) is 0.634. The molecular formula is C10H23NO. The van der Waals surface area contributed by atoms with Crippen molar-refractivity contribution in [3.63, 3.8) is 0 Å². The summed E-state index contributed by atoms with van der Waals surface area (Å²) < 4.78 is 0. The summed E-state index contributed by atoms with van der Waals surface area (Å²) in [6.45, 7) is 10.3. The van der Waals surface area contributed by atoms with Crippen molar-refractivity contribution >= 4 is 0 Å². The van der Waals surface area contributed by atoms with Crippen LogP contribution in [0.5, 0.6) is 0 Å². The summed E-state index contributed by atoms with van der Waals surface area (Å²) in [5, 5.41) is 8.80. The van der Waals surface area contributed by atoms with Gasteiger partial charge in [0.05, 0.1) is 0 Å². The molecule has 2 nitrogen and oxygen atoms in total. The van der Waals surface area contributed by atoms with Crippen LogP contribution in [0.2, 0.25) is 0 Å². The van der Waals surface area contributed by atoms with Crippen molar-refractivity contribution in [1.82, 2.24) is 4.90 Å². The molecule has 0 rings (SSSR count). The Morgan fingerprint density at radius 1 is 1.25 bits per heavy atom. The molecule has 0 aromatic rings. The van der Waals surface area contributed by atoms with Crippen molar-refractivity contribution in [3.05, 3.63) is 0 Å². The van der Waals surface area contributed by atoms with E-state index in [1.54, 1.807) is 0 Å². The van der Waals surface area contributed by atoms with E-state index in [1.807, 2.05) is 0 Å². The standard InChI is InChI=1S/C10H23NO/c1-4-11(5-2)8-6-7-10(3)9-12/h10,12H,4-9H2,1-3H3. The predicted octanol–water partition coefficient (Wildman–Crippen LogP) is 1.74. The average Bonchev–Trinajstić information content (AvgIpc) is 2.12. The number of nitrogens with zero attached hydrogens (tertiary/aromatic N) is 1. The van der Waals surface area contributed by atoms with E-state index in [2.05, 4.69) is 25.7 Å². The minimum atomic E-state index is 0.332. The van der Waals surface area contributed by atoms with Crippen molar-refractivity contribution in [2.24, 2.45) is 5.92 Å². The minimum Gasteiger partial charge on any atom is -0.396 e. The van der Waals surface area contributed by atoms with Crippen LogP contribution < -0.4 is 0 Å². The van der Waals surface area contributed by atoms with Gasteiger partial charge in [0.2, 0.25) is 0 Å².